The number of nitrogens with one attached hydrogen (secondary N) is 1. The van der Waals surface area contributed by atoms with Crippen molar-refractivity contribution >= 4 is 11.8 Å². The number of fused-ring (bicyclic) bond motifs is 1. The van der Waals surface area contributed by atoms with Crippen LogP contribution >= 0.6 is 11.8 Å². The van der Waals surface area contributed by atoms with Crippen molar-refractivity contribution in [2.24, 2.45) is 0 Å². The van der Waals surface area contributed by atoms with Crippen molar-refractivity contribution in [3.05, 3.63) is 23.8 Å². The third-order valence-corrected chi connectivity index (χ3v) is 3.92. The molecule has 14 heavy (non-hydrogen) atoms. The minimum absolute atomic E-state index is 0.460. The Morgan fingerprint density at radius 2 is 2.43 bits per heavy atom. The van der Waals surface area contributed by atoms with E-state index in [9.17, 15) is 5.11 Å². The highest BCUT2D eigenvalue weighted by Gasteiger charge is 2.23. The van der Waals surface area contributed by atoms with Gasteiger partial charge in [0.25, 0.3) is 0 Å². The molecule has 1 aliphatic heterocycles. The van der Waals surface area contributed by atoms with Crippen molar-refractivity contribution in [1.29, 1.82) is 0 Å². The first kappa shape index (κ1) is 9.87. The van der Waals surface area contributed by atoms with Gasteiger partial charge in [-0.05, 0) is 38.6 Å². The molecule has 2 rings (SSSR count). The highest BCUT2D eigenvalue weighted by Crippen LogP contribution is 2.42. The summed E-state index contributed by atoms with van der Waals surface area (Å²) in [6, 6.07) is 5.79. The Kier molecular flexibility index (Phi) is 2.99. The summed E-state index contributed by atoms with van der Waals surface area (Å²) in [7, 11) is 1.98. The van der Waals surface area contributed by atoms with E-state index < -0.39 is 0 Å². The molecule has 76 valence electrons. The number of phenols is 1. The van der Waals surface area contributed by atoms with Gasteiger partial charge < -0.3 is 10.4 Å². The van der Waals surface area contributed by atoms with Gasteiger partial charge in [0, 0.05) is 15.7 Å². The number of hydrogen-bond acceptors (Lipinski definition) is 3. The molecule has 1 unspecified atom stereocenters. The minimum atomic E-state index is 0.460. The zero-order chi connectivity index (χ0) is 9.97. The second kappa shape index (κ2) is 4.24. The van der Waals surface area contributed by atoms with E-state index in [1.165, 1.54) is 4.90 Å². The second-order valence-electron chi connectivity index (χ2n) is 3.59. The summed E-state index contributed by atoms with van der Waals surface area (Å²) >= 11 is 1.89. The van der Waals surface area contributed by atoms with Crippen molar-refractivity contribution in [2.75, 3.05) is 13.6 Å². The van der Waals surface area contributed by atoms with Gasteiger partial charge in [0.2, 0.25) is 0 Å². The Balaban J connectivity index is 2.06. The molecule has 1 heterocycles. The molecule has 1 atom stereocenters. The van der Waals surface area contributed by atoms with E-state index in [-0.39, 0.29) is 0 Å². The fourth-order valence-corrected chi connectivity index (χ4v) is 3.12. The Morgan fingerprint density at radius 3 is 3.14 bits per heavy atom. The standard InChI is InChI=1S/C11H15NOS/c1-12-6-5-8-7-9-10(13)3-2-4-11(9)14-8/h2-4,8,12-13H,5-7H2,1H3. The predicted molar refractivity (Wildman–Crippen MR) is 60.0 cm³/mol. The van der Waals surface area contributed by atoms with Gasteiger partial charge in [-0.15, -0.1) is 11.8 Å². The fraction of sp³-hybridized carbons (Fsp3) is 0.455. The van der Waals surface area contributed by atoms with Gasteiger partial charge in [0.05, 0.1) is 0 Å². The van der Waals surface area contributed by atoms with Crippen molar-refractivity contribution in [3.8, 4) is 5.75 Å². The van der Waals surface area contributed by atoms with E-state index in [0.29, 0.717) is 11.0 Å². The van der Waals surface area contributed by atoms with Crippen LogP contribution in [-0.2, 0) is 6.42 Å². The molecular formula is C11H15NOS. The molecule has 0 fully saturated rings. The van der Waals surface area contributed by atoms with Crippen LogP contribution in [0.4, 0.5) is 0 Å². The van der Waals surface area contributed by atoms with Gasteiger partial charge in [-0.1, -0.05) is 6.07 Å². The van der Waals surface area contributed by atoms with Crippen LogP contribution in [0.5, 0.6) is 5.75 Å². The van der Waals surface area contributed by atoms with E-state index >= 15 is 0 Å². The minimum Gasteiger partial charge on any atom is -0.508 e. The molecule has 0 saturated heterocycles. The van der Waals surface area contributed by atoms with Crippen molar-refractivity contribution < 1.29 is 5.11 Å². The third-order valence-electron chi connectivity index (χ3n) is 2.55. The zero-order valence-electron chi connectivity index (χ0n) is 8.29. The Bertz CT molecular complexity index is 327. The topological polar surface area (TPSA) is 32.3 Å². The zero-order valence-corrected chi connectivity index (χ0v) is 9.10. The fourth-order valence-electron chi connectivity index (χ4n) is 1.78. The first-order chi connectivity index (χ1) is 6.81. The number of aromatic hydroxyl groups is 1. The highest BCUT2D eigenvalue weighted by molar-refractivity contribution is 8.00. The Hall–Kier alpha value is -0.670. The molecule has 2 nitrogen and oxygen atoms in total. The number of phenolic OH excluding ortho intramolecular Hbond substituents is 1. The summed E-state index contributed by atoms with van der Waals surface area (Å²) in [4.78, 5) is 1.26. The van der Waals surface area contributed by atoms with E-state index in [2.05, 4.69) is 11.4 Å². The summed E-state index contributed by atoms with van der Waals surface area (Å²) in [5.74, 6) is 0.460. The molecular weight excluding hydrogens is 194 g/mol. The van der Waals surface area contributed by atoms with Gasteiger partial charge in [0.1, 0.15) is 5.75 Å². The average Bonchev–Trinajstić information content (AvgIpc) is 2.59. The van der Waals surface area contributed by atoms with Gasteiger partial charge in [-0.3, -0.25) is 0 Å². The Labute approximate surface area is 88.7 Å². The van der Waals surface area contributed by atoms with Crippen LogP contribution in [0, 0.1) is 0 Å². The van der Waals surface area contributed by atoms with Crippen LogP contribution in [-0.4, -0.2) is 23.9 Å². The van der Waals surface area contributed by atoms with Crippen LogP contribution in [0.25, 0.3) is 0 Å². The van der Waals surface area contributed by atoms with Gasteiger partial charge >= 0.3 is 0 Å². The van der Waals surface area contributed by atoms with Gasteiger partial charge in [0.15, 0.2) is 0 Å². The van der Waals surface area contributed by atoms with Crippen molar-refractivity contribution in [2.45, 2.75) is 23.0 Å². The smallest absolute Gasteiger partial charge is 0.119 e. The second-order valence-corrected chi connectivity index (χ2v) is 4.93. The maximum atomic E-state index is 9.65. The molecule has 0 saturated carbocycles. The van der Waals surface area contributed by atoms with E-state index in [4.69, 9.17) is 0 Å². The van der Waals surface area contributed by atoms with E-state index in [1.54, 1.807) is 6.07 Å². The molecule has 0 aromatic heterocycles. The van der Waals surface area contributed by atoms with Crippen LogP contribution < -0.4 is 5.32 Å². The van der Waals surface area contributed by atoms with Crippen molar-refractivity contribution in [1.82, 2.24) is 5.32 Å². The molecule has 3 heteroatoms. The molecule has 0 radical (unpaired) electrons. The molecule has 1 aromatic rings. The van der Waals surface area contributed by atoms with Crippen LogP contribution in [0.1, 0.15) is 12.0 Å². The molecule has 0 aliphatic carbocycles. The van der Waals surface area contributed by atoms with Gasteiger partial charge in [-0.2, -0.15) is 0 Å². The maximum absolute atomic E-state index is 9.65. The van der Waals surface area contributed by atoms with Crippen LogP contribution in [0.3, 0.4) is 0 Å². The Morgan fingerprint density at radius 1 is 1.57 bits per heavy atom. The highest BCUT2D eigenvalue weighted by atomic mass is 32.2. The molecule has 0 bridgehead atoms. The SMILES string of the molecule is CNCCC1Cc2c(O)cccc2S1. The largest absolute Gasteiger partial charge is 0.508 e. The molecule has 0 spiro atoms. The number of thioether (sulfide) groups is 1. The first-order valence-electron chi connectivity index (χ1n) is 4.93. The monoisotopic (exact) mass is 209 g/mol. The molecule has 1 aromatic carbocycles. The summed E-state index contributed by atoms with van der Waals surface area (Å²) in [5.41, 5.74) is 1.14. The van der Waals surface area contributed by atoms with Crippen molar-refractivity contribution in [3.63, 3.8) is 0 Å². The lowest BCUT2D eigenvalue weighted by molar-refractivity contribution is 0.466. The summed E-state index contributed by atoms with van der Waals surface area (Å²) in [6.45, 7) is 1.05. The molecule has 0 amide bonds. The van der Waals surface area contributed by atoms with Crippen LogP contribution in [0.15, 0.2) is 23.1 Å². The normalized spacial score (nSPS) is 19.6. The lowest BCUT2D eigenvalue weighted by Gasteiger charge is -2.06. The number of rotatable bonds is 3. The third kappa shape index (κ3) is 1.88. The van der Waals surface area contributed by atoms with Gasteiger partial charge in [-0.25, -0.2) is 0 Å². The predicted octanol–water partition coefficient (Wildman–Crippen LogP) is 2.02. The first-order valence-corrected chi connectivity index (χ1v) is 5.81. The summed E-state index contributed by atoms with van der Waals surface area (Å²) in [5, 5.41) is 13.4. The summed E-state index contributed by atoms with van der Waals surface area (Å²) < 4.78 is 0. The molecule has 1 aliphatic rings. The number of benzene rings is 1. The van der Waals surface area contributed by atoms with Crippen LogP contribution in [0.2, 0.25) is 0 Å². The quantitative estimate of drug-likeness (QED) is 0.799. The average molecular weight is 209 g/mol. The molecule has 2 N–H and O–H groups in total. The lowest BCUT2D eigenvalue weighted by Crippen LogP contribution is -2.14. The maximum Gasteiger partial charge on any atom is 0.119 e. The van der Waals surface area contributed by atoms with E-state index in [1.807, 2.05) is 24.9 Å². The number of hydrogen-bond donors (Lipinski definition) is 2. The summed E-state index contributed by atoms with van der Waals surface area (Å²) in [6.07, 6.45) is 2.17. The van der Waals surface area contributed by atoms with E-state index in [0.717, 1.165) is 24.9 Å². The lowest BCUT2D eigenvalue weighted by atomic mass is 10.1.